The quantitative estimate of drug-likeness (QED) is 0.724. The molecule has 1 aliphatic carbocycles. The zero-order valence-electron chi connectivity index (χ0n) is 19.2. The molecule has 1 aromatic heterocycles. The Kier molecular flexibility index (Phi) is 5.92. The molecule has 8 heteroatoms. The molecule has 2 fully saturated rings. The molecule has 1 atom stereocenters. The first kappa shape index (κ1) is 21.6. The van der Waals surface area contributed by atoms with E-state index in [1.54, 1.807) is 12.0 Å². The van der Waals surface area contributed by atoms with Gasteiger partial charge < -0.3 is 18.9 Å². The van der Waals surface area contributed by atoms with E-state index in [0.29, 0.717) is 25.7 Å². The van der Waals surface area contributed by atoms with Crippen LogP contribution in [0.1, 0.15) is 62.9 Å². The monoisotopic (exact) mass is 427 g/mol. The highest BCUT2D eigenvalue weighted by molar-refractivity contribution is 5.68. The number of piperazine rings is 1. The summed E-state index contributed by atoms with van der Waals surface area (Å²) in [6, 6.07) is 8.52. The second kappa shape index (κ2) is 8.49. The van der Waals surface area contributed by atoms with Crippen molar-refractivity contribution < 1.29 is 14.3 Å². The van der Waals surface area contributed by atoms with E-state index in [0.717, 1.165) is 29.5 Å². The van der Waals surface area contributed by atoms with Crippen molar-refractivity contribution in [1.82, 2.24) is 24.6 Å². The SMILES string of the molecule is COc1ccccc1[C@@H]1CN(C(=O)OC(C)(C)C)CCN1Cc1nnc(C)n1C1CC1. The average Bonchev–Trinajstić information content (AvgIpc) is 3.50. The second-order valence-corrected chi connectivity index (χ2v) is 9.42. The van der Waals surface area contributed by atoms with Gasteiger partial charge in [0, 0.05) is 31.2 Å². The number of hydrogen-bond donors (Lipinski definition) is 0. The average molecular weight is 428 g/mol. The van der Waals surface area contributed by atoms with E-state index in [-0.39, 0.29) is 12.1 Å². The van der Waals surface area contributed by atoms with Crippen LogP contribution in [0.2, 0.25) is 0 Å². The topological polar surface area (TPSA) is 72.7 Å². The summed E-state index contributed by atoms with van der Waals surface area (Å²) >= 11 is 0. The molecule has 1 aromatic carbocycles. The third-order valence-electron chi connectivity index (χ3n) is 5.83. The summed E-state index contributed by atoms with van der Waals surface area (Å²) in [4.78, 5) is 17.0. The minimum absolute atomic E-state index is 0.0259. The largest absolute Gasteiger partial charge is 0.496 e. The number of para-hydroxylation sites is 1. The smallest absolute Gasteiger partial charge is 0.410 e. The number of aromatic nitrogens is 3. The highest BCUT2D eigenvalue weighted by Gasteiger charge is 2.36. The number of carbonyl (C=O) groups is 1. The number of carbonyl (C=O) groups excluding carboxylic acids is 1. The molecule has 0 radical (unpaired) electrons. The Morgan fingerprint density at radius 2 is 1.90 bits per heavy atom. The van der Waals surface area contributed by atoms with Crippen molar-refractivity contribution in [2.75, 3.05) is 26.7 Å². The zero-order valence-corrected chi connectivity index (χ0v) is 19.2. The van der Waals surface area contributed by atoms with Gasteiger partial charge in [0.1, 0.15) is 23.0 Å². The molecule has 1 aliphatic heterocycles. The molecule has 2 aliphatic rings. The van der Waals surface area contributed by atoms with Crippen molar-refractivity contribution in [2.45, 2.75) is 64.8 Å². The van der Waals surface area contributed by atoms with E-state index in [1.165, 1.54) is 12.8 Å². The lowest BCUT2D eigenvalue weighted by molar-refractivity contribution is 0.00116. The van der Waals surface area contributed by atoms with Gasteiger partial charge in [-0.1, -0.05) is 18.2 Å². The van der Waals surface area contributed by atoms with Gasteiger partial charge in [0.05, 0.1) is 19.7 Å². The van der Waals surface area contributed by atoms with Gasteiger partial charge in [-0.2, -0.15) is 0 Å². The number of hydrogen-bond acceptors (Lipinski definition) is 6. The molecule has 31 heavy (non-hydrogen) atoms. The van der Waals surface area contributed by atoms with Crippen LogP contribution >= 0.6 is 0 Å². The molecule has 1 saturated carbocycles. The third-order valence-corrected chi connectivity index (χ3v) is 5.83. The number of methoxy groups -OCH3 is 1. The molecule has 0 bridgehead atoms. The van der Waals surface area contributed by atoms with E-state index in [4.69, 9.17) is 9.47 Å². The number of amides is 1. The van der Waals surface area contributed by atoms with Crippen LogP contribution in [-0.4, -0.2) is 63.0 Å². The maximum Gasteiger partial charge on any atom is 0.410 e. The van der Waals surface area contributed by atoms with E-state index in [2.05, 4.69) is 25.7 Å². The summed E-state index contributed by atoms with van der Waals surface area (Å²) in [6.45, 7) is 10.3. The van der Waals surface area contributed by atoms with Crippen molar-refractivity contribution in [3.63, 3.8) is 0 Å². The summed E-state index contributed by atoms with van der Waals surface area (Å²) in [5.74, 6) is 2.78. The minimum atomic E-state index is -0.521. The number of nitrogens with zero attached hydrogens (tertiary/aromatic N) is 5. The summed E-state index contributed by atoms with van der Waals surface area (Å²) < 4.78 is 13.6. The maximum atomic E-state index is 12.8. The van der Waals surface area contributed by atoms with E-state index in [1.807, 2.05) is 45.9 Å². The van der Waals surface area contributed by atoms with Crippen LogP contribution in [0, 0.1) is 6.92 Å². The molecule has 2 heterocycles. The predicted octanol–water partition coefficient (Wildman–Crippen LogP) is 3.72. The minimum Gasteiger partial charge on any atom is -0.496 e. The van der Waals surface area contributed by atoms with Crippen molar-refractivity contribution >= 4 is 6.09 Å². The van der Waals surface area contributed by atoms with Gasteiger partial charge >= 0.3 is 6.09 Å². The van der Waals surface area contributed by atoms with Crippen LogP contribution in [0.25, 0.3) is 0 Å². The molecule has 0 unspecified atom stereocenters. The molecule has 8 nitrogen and oxygen atoms in total. The highest BCUT2D eigenvalue weighted by atomic mass is 16.6. The zero-order chi connectivity index (χ0) is 22.2. The van der Waals surface area contributed by atoms with Crippen LogP contribution in [0.3, 0.4) is 0 Å². The lowest BCUT2D eigenvalue weighted by Gasteiger charge is -2.42. The van der Waals surface area contributed by atoms with Gasteiger partial charge in [-0.3, -0.25) is 4.90 Å². The van der Waals surface area contributed by atoms with Crippen molar-refractivity contribution in [1.29, 1.82) is 0 Å². The molecule has 1 amide bonds. The molecular formula is C23H33N5O3. The van der Waals surface area contributed by atoms with Crippen LogP contribution in [-0.2, 0) is 11.3 Å². The van der Waals surface area contributed by atoms with E-state index < -0.39 is 5.60 Å². The lowest BCUT2D eigenvalue weighted by atomic mass is 10.0. The molecule has 4 rings (SSSR count). The van der Waals surface area contributed by atoms with Crippen molar-refractivity contribution in [3.8, 4) is 5.75 Å². The summed E-state index contributed by atoms with van der Waals surface area (Å²) in [5, 5.41) is 8.81. The first-order valence-electron chi connectivity index (χ1n) is 11.0. The fraction of sp³-hybridized carbons (Fsp3) is 0.609. The van der Waals surface area contributed by atoms with Gasteiger partial charge in [0.2, 0.25) is 0 Å². The Labute approximate surface area is 184 Å². The molecule has 2 aromatic rings. The number of aryl methyl sites for hydroxylation is 1. The fourth-order valence-electron chi connectivity index (χ4n) is 4.25. The molecular weight excluding hydrogens is 394 g/mol. The maximum absolute atomic E-state index is 12.8. The lowest BCUT2D eigenvalue weighted by Crippen LogP contribution is -2.51. The van der Waals surface area contributed by atoms with Crippen molar-refractivity contribution in [2.24, 2.45) is 0 Å². The third kappa shape index (κ3) is 4.84. The summed E-state index contributed by atoms with van der Waals surface area (Å²) in [5.41, 5.74) is 0.541. The molecule has 0 spiro atoms. The summed E-state index contributed by atoms with van der Waals surface area (Å²) in [7, 11) is 1.69. The standard InChI is InChI=1S/C23H33N5O3/c1-16-24-25-21(28(16)17-10-11-17)15-26-12-13-27(22(29)31-23(2,3)4)14-19(26)18-8-6-7-9-20(18)30-5/h6-9,17,19H,10-15H2,1-5H3/t19-/m0/s1. The fourth-order valence-corrected chi connectivity index (χ4v) is 4.25. The molecule has 0 N–H and O–H groups in total. The van der Waals surface area contributed by atoms with Gasteiger partial charge in [0.15, 0.2) is 0 Å². The Balaban J connectivity index is 1.61. The van der Waals surface area contributed by atoms with E-state index in [9.17, 15) is 4.79 Å². The molecule has 1 saturated heterocycles. The Hall–Kier alpha value is -2.61. The summed E-state index contributed by atoms with van der Waals surface area (Å²) in [6.07, 6.45) is 2.10. The normalized spacial score (nSPS) is 20.0. The molecule has 168 valence electrons. The van der Waals surface area contributed by atoms with Gasteiger partial charge in [-0.05, 0) is 46.6 Å². The highest BCUT2D eigenvalue weighted by Crippen LogP contribution is 2.38. The van der Waals surface area contributed by atoms with E-state index >= 15 is 0 Å². The van der Waals surface area contributed by atoms with Gasteiger partial charge in [0.25, 0.3) is 0 Å². The first-order chi connectivity index (χ1) is 14.8. The van der Waals surface area contributed by atoms with Gasteiger partial charge in [-0.15, -0.1) is 10.2 Å². The number of rotatable bonds is 5. The second-order valence-electron chi connectivity index (χ2n) is 9.42. The Bertz CT molecular complexity index is 932. The Morgan fingerprint density at radius 3 is 2.58 bits per heavy atom. The number of benzene rings is 1. The first-order valence-corrected chi connectivity index (χ1v) is 11.0. The number of ether oxygens (including phenoxy) is 2. The van der Waals surface area contributed by atoms with Crippen LogP contribution in [0.4, 0.5) is 4.79 Å². The Morgan fingerprint density at radius 1 is 1.16 bits per heavy atom. The van der Waals surface area contributed by atoms with Gasteiger partial charge in [-0.25, -0.2) is 4.79 Å². The van der Waals surface area contributed by atoms with Crippen LogP contribution < -0.4 is 4.74 Å². The van der Waals surface area contributed by atoms with Crippen molar-refractivity contribution in [3.05, 3.63) is 41.5 Å². The predicted molar refractivity (Wildman–Crippen MR) is 117 cm³/mol. The van der Waals surface area contributed by atoms with Crippen LogP contribution in [0.5, 0.6) is 5.75 Å². The van der Waals surface area contributed by atoms with Crippen LogP contribution in [0.15, 0.2) is 24.3 Å².